The molecule has 4 heterocycles. The van der Waals surface area contributed by atoms with Crippen LogP contribution in [0.2, 0.25) is 5.02 Å². The number of carbonyl (C=O) groups is 2. The van der Waals surface area contributed by atoms with Crippen molar-refractivity contribution in [3.05, 3.63) is 100.0 Å². The first-order valence-electron chi connectivity index (χ1n) is 14.7. The maximum absolute atomic E-state index is 13.9. The molecule has 0 bridgehead atoms. The summed E-state index contributed by atoms with van der Waals surface area (Å²) in [6, 6.07) is 17.2. The summed E-state index contributed by atoms with van der Waals surface area (Å²) < 4.78 is 14.1. The molecule has 10 nitrogen and oxygen atoms in total. The molecule has 1 atom stereocenters. The van der Waals surface area contributed by atoms with Crippen LogP contribution in [0.25, 0.3) is 11.4 Å². The highest BCUT2D eigenvalue weighted by Gasteiger charge is 2.49. The number of nitrogens with zero attached hydrogens (tertiary/aromatic N) is 5. The summed E-state index contributed by atoms with van der Waals surface area (Å²) in [5.41, 5.74) is 2.78. The topological polar surface area (TPSA) is 119 Å². The molecule has 0 spiro atoms. The fourth-order valence-corrected chi connectivity index (χ4v) is 7.43. The van der Waals surface area contributed by atoms with E-state index in [1.807, 2.05) is 44.2 Å². The van der Waals surface area contributed by atoms with Gasteiger partial charge in [-0.05, 0) is 61.7 Å². The second-order valence-electron chi connectivity index (χ2n) is 10.4. The second kappa shape index (κ2) is 13.5. The Morgan fingerprint density at radius 1 is 1.04 bits per heavy atom. The number of anilines is 1. The normalized spacial score (nSPS) is 16.0. The monoisotopic (exact) mass is 675 g/mol. The van der Waals surface area contributed by atoms with Crippen molar-refractivity contribution in [3.8, 4) is 11.5 Å². The van der Waals surface area contributed by atoms with E-state index in [4.69, 9.17) is 21.1 Å². The molecule has 1 aliphatic rings. The van der Waals surface area contributed by atoms with Crippen molar-refractivity contribution < 1.29 is 24.2 Å². The van der Waals surface area contributed by atoms with Crippen molar-refractivity contribution in [1.82, 2.24) is 19.6 Å². The van der Waals surface area contributed by atoms with E-state index >= 15 is 0 Å². The Balaban J connectivity index is 1.47. The van der Waals surface area contributed by atoms with E-state index in [1.54, 1.807) is 47.9 Å². The molecular formula is C33H30ClN5O5S2. The number of carbonyl (C=O) groups excluding carboxylic acids is 2. The van der Waals surface area contributed by atoms with Gasteiger partial charge in [0.25, 0.3) is 5.78 Å². The fourth-order valence-electron chi connectivity index (χ4n) is 5.28. The van der Waals surface area contributed by atoms with E-state index in [0.29, 0.717) is 62.4 Å². The van der Waals surface area contributed by atoms with Gasteiger partial charge in [-0.15, -0.1) is 10.2 Å². The number of fused-ring (bicyclic) bond motifs is 1. The van der Waals surface area contributed by atoms with Gasteiger partial charge in [-0.1, -0.05) is 72.0 Å². The van der Waals surface area contributed by atoms with Crippen molar-refractivity contribution in [2.24, 2.45) is 0 Å². The van der Waals surface area contributed by atoms with Crippen LogP contribution in [0, 0.1) is 6.92 Å². The molecule has 1 N–H and O–H groups in total. The smallest absolute Gasteiger partial charge is 0.301 e. The molecular weight excluding hydrogens is 646 g/mol. The van der Waals surface area contributed by atoms with Crippen LogP contribution < -0.4 is 14.4 Å². The average molecular weight is 676 g/mol. The van der Waals surface area contributed by atoms with Gasteiger partial charge < -0.3 is 14.6 Å². The van der Waals surface area contributed by atoms with Gasteiger partial charge in [0, 0.05) is 17.0 Å². The van der Waals surface area contributed by atoms with Crippen molar-refractivity contribution >= 4 is 62.9 Å². The fraction of sp³-hybridized carbons (Fsp3) is 0.242. The van der Waals surface area contributed by atoms with Gasteiger partial charge in [-0.2, -0.15) is 0 Å². The number of amides is 1. The second-order valence-corrected chi connectivity index (χ2v) is 12.9. The summed E-state index contributed by atoms with van der Waals surface area (Å²) in [6.07, 6.45) is 2.55. The van der Waals surface area contributed by atoms with Gasteiger partial charge in [0.15, 0.2) is 21.6 Å². The Bertz CT molecular complexity index is 1970. The Morgan fingerprint density at radius 2 is 1.85 bits per heavy atom. The van der Waals surface area contributed by atoms with E-state index in [1.165, 1.54) is 28.0 Å². The maximum Gasteiger partial charge on any atom is 0.301 e. The molecule has 1 aliphatic heterocycles. The minimum atomic E-state index is -1.04. The van der Waals surface area contributed by atoms with Crippen LogP contribution in [-0.4, -0.2) is 49.6 Å². The van der Waals surface area contributed by atoms with Crippen molar-refractivity contribution in [3.63, 3.8) is 0 Å². The lowest BCUT2D eigenvalue weighted by molar-refractivity contribution is -0.132. The van der Waals surface area contributed by atoms with Crippen molar-refractivity contribution in [2.45, 2.75) is 43.3 Å². The lowest BCUT2D eigenvalue weighted by Crippen LogP contribution is -2.29. The molecule has 13 heteroatoms. The number of benzene rings is 2. The third kappa shape index (κ3) is 5.95. The lowest BCUT2D eigenvalue weighted by atomic mass is 9.96. The van der Waals surface area contributed by atoms with Gasteiger partial charge in [0.1, 0.15) is 11.3 Å². The number of pyridine rings is 1. The van der Waals surface area contributed by atoms with E-state index < -0.39 is 17.7 Å². The summed E-state index contributed by atoms with van der Waals surface area (Å²) >= 11 is 8.94. The Hall–Kier alpha value is -4.39. The zero-order chi connectivity index (χ0) is 32.4. The molecule has 1 saturated heterocycles. The molecule has 2 aromatic carbocycles. The van der Waals surface area contributed by atoms with Crippen LogP contribution in [0.15, 0.2) is 76.8 Å². The number of aliphatic hydroxyl groups excluding tert-OH is 1. The Morgan fingerprint density at radius 3 is 2.63 bits per heavy atom. The lowest BCUT2D eigenvalue weighted by Gasteiger charge is -2.23. The van der Waals surface area contributed by atoms with Crippen LogP contribution in [0.1, 0.15) is 48.8 Å². The molecule has 0 aliphatic carbocycles. The highest BCUT2D eigenvalue weighted by Crippen LogP contribution is 2.46. The highest BCUT2D eigenvalue weighted by atomic mass is 35.5. The summed E-state index contributed by atoms with van der Waals surface area (Å²) in [5.74, 6) is -0.488. The first-order chi connectivity index (χ1) is 22.3. The van der Waals surface area contributed by atoms with E-state index in [9.17, 15) is 14.7 Å². The number of aliphatic hydroxyl groups is 1. The highest BCUT2D eigenvalue weighted by molar-refractivity contribution is 8.00. The summed E-state index contributed by atoms with van der Waals surface area (Å²) in [6.45, 7) is 6.47. The Labute approximate surface area is 278 Å². The van der Waals surface area contributed by atoms with Crippen LogP contribution >= 0.6 is 34.7 Å². The number of rotatable bonds is 11. The number of imidazole rings is 1. The first-order valence-corrected chi connectivity index (χ1v) is 16.8. The van der Waals surface area contributed by atoms with Crippen LogP contribution in [-0.2, 0) is 15.3 Å². The quantitative estimate of drug-likeness (QED) is 0.0507. The van der Waals surface area contributed by atoms with Gasteiger partial charge in [-0.25, -0.2) is 4.98 Å². The predicted molar refractivity (Wildman–Crippen MR) is 179 cm³/mol. The maximum atomic E-state index is 13.9. The third-order valence-electron chi connectivity index (χ3n) is 7.33. The molecule has 46 heavy (non-hydrogen) atoms. The van der Waals surface area contributed by atoms with E-state index in [-0.39, 0.29) is 16.5 Å². The minimum Gasteiger partial charge on any atom is -0.505 e. The number of ether oxygens (including phenoxy) is 2. The molecule has 236 valence electrons. The molecule has 1 amide bonds. The summed E-state index contributed by atoms with van der Waals surface area (Å²) in [5, 5.41) is 21.4. The Kier molecular flexibility index (Phi) is 9.29. The number of aryl methyl sites for hydroxylation is 1. The zero-order valence-corrected chi connectivity index (χ0v) is 27.7. The third-order valence-corrected chi connectivity index (χ3v) is 9.80. The molecule has 0 saturated carbocycles. The van der Waals surface area contributed by atoms with Crippen molar-refractivity contribution in [2.75, 3.05) is 18.1 Å². The number of hydrogen-bond acceptors (Lipinski definition) is 10. The number of ketones is 1. The number of thioether (sulfide) groups is 1. The number of hydrogen-bond donors (Lipinski definition) is 1. The summed E-state index contributed by atoms with van der Waals surface area (Å²) in [4.78, 5) is 33.6. The number of aromatic nitrogens is 4. The van der Waals surface area contributed by atoms with Gasteiger partial charge in [0.05, 0.1) is 30.5 Å². The zero-order valence-electron chi connectivity index (χ0n) is 25.3. The minimum absolute atomic E-state index is 0.0936. The molecule has 0 radical (unpaired) electrons. The first kappa shape index (κ1) is 31.6. The van der Waals surface area contributed by atoms with E-state index in [2.05, 4.69) is 15.2 Å². The van der Waals surface area contributed by atoms with E-state index in [0.717, 1.165) is 12.0 Å². The molecule has 1 unspecified atom stereocenters. The average Bonchev–Trinajstić information content (AvgIpc) is 3.73. The van der Waals surface area contributed by atoms with Crippen LogP contribution in [0.5, 0.6) is 11.5 Å². The predicted octanol–water partition coefficient (Wildman–Crippen LogP) is 7.25. The van der Waals surface area contributed by atoms with Gasteiger partial charge in [0.2, 0.25) is 5.13 Å². The SMILES string of the molecule is CCCOc1ccc(C2/C(=C(\O)c3c(C)nc4ccccn34)C(=O)C(=O)N2c2nnc(SCc3ccccc3Cl)s2)cc1OCC. The van der Waals surface area contributed by atoms with Gasteiger partial charge >= 0.3 is 5.91 Å². The summed E-state index contributed by atoms with van der Waals surface area (Å²) in [7, 11) is 0. The van der Waals surface area contributed by atoms with Crippen LogP contribution in [0.3, 0.4) is 0 Å². The van der Waals surface area contributed by atoms with Crippen molar-refractivity contribution in [1.29, 1.82) is 0 Å². The standard InChI is InChI=1S/C33H30ClN5O5S2/c1-4-16-44-23-14-13-20(17-24(23)43-5-2)28-26(29(40)27-19(3)35-25-12-8-9-15-38(25)27)30(41)31(42)39(28)32-36-37-33(46-32)45-18-21-10-6-7-11-22(21)34/h6-15,17,28,40H,4-5,16,18H2,1-3H3/b29-26+. The van der Waals surface area contributed by atoms with Gasteiger partial charge in [-0.3, -0.25) is 18.9 Å². The molecule has 1 fully saturated rings. The number of halogens is 1. The molecule has 6 rings (SSSR count). The number of Topliss-reactive ketones (excluding diaryl/α,β-unsaturated/α-hetero) is 1. The molecule has 3 aromatic heterocycles. The largest absolute Gasteiger partial charge is 0.505 e. The van der Waals surface area contributed by atoms with Crippen LogP contribution in [0.4, 0.5) is 5.13 Å². The molecule has 5 aromatic rings.